The number of hydrogen-bond donors (Lipinski definition) is 1. The van der Waals surface area contributed by atoms with Gasteiger partial charge < -0.3 is 9.73 Å². The number of furan rings is 1. The van der Waals surface area contributed by atoms with Crippen LogP contribution >= 0.6 is 0 Å². The average molecular weight is 229 g/mol. The van der Waals surface area contributed by atoms with Gasteiger partial charge in [-0.2, -0.15) is 0 Å². The summed E-state index contributed by atoms with van der Waals surface area (Å²) in [6.45, 7) is 1.98. The van der Waals surface area contributed by atoms with Crippen molar-refractivity contribution in [3.8, 4) is 0 Å². The van der Waals surface area contributed by atoms with Crippen molar-refractivity contribution in [2.75, 3.05) is 0 Å². The lowest BCUT2D eigenvalue weighted by molar-refractivity contribution is 0.0912. The Hall–Kier alpha value is -2.03. The normalized spacial score (nSPS) is 12.1. The zero-order valence-corrected chi connectivity index (χ0v) is 9.72. The lowest BCUT2D eigenvalue weighted by Crippen LogP contribution is -2.33. The molecule has 1 N–H and O–H groups in total. The van der Waals surface area contributed by atoms with Crippen LogP contribution in [0.4, 0.5) is 0 Å². The van der Waals surface area contributed by atoms with Crippen molar-refractivity contribution in [3.05, 3.63) is 60.1 Å². The predicted octanol–water partition coefficient (Wildman–Crippen LogP) is 2.64. The summed E-state index contributed by atoms with van der Waals surface area (Å²) >= 11 is 0. The summed E-state index contributed by atoms with van der Waals surface area (Å²) < 4.78 is 5.03. The molecule has 0 saturated carbocycles. The van der Waals surface area contributed by atoms with Gasteiger partial charge in [0.2, 0.25) is 0 Å². The molecular weight excluding hydrogens is 214 g/mol. The molecule has 1 atom stereocenters. The minimum absolute atomic E-state index is 0.0787. The largest absolute Gasteiger partial charge is 0.459 e. The first-order valence-corrected chi connectivity index (χ1v) is 5.64. The maximum absolute atomic E-state index is 11.7. The highest BCUT2D eigenvalue weighted by Crippen LogP contribution is 2.04. The Morgan fingerprint density at radius 3 is 2.65 bits per heavy atom. The first-order chi connectivity index (χ1) is 8.25. The second-order valence-electron chi connectivity index (χ2n) is 4.04. The van der Waals surface area contributed by atoms with E-state index in [-0.39, 0.29) is 11.9 Å². The SMILES string of the molecule is C[C@@H](Cc1ccccc1)NC(=O)c1ccco1. The highest BCUT2D eigenvalue weighted by atomic mass is 16.3. The highest BCUT2D eigenvalue weighted by Gasteiger charge is 2.11. The van der Waals surface area contributed by atoms with Gasteiger partial charge in [0.05, 0.1) is 6.26 Å². The lowest BCUT2D eigenvalue weighted by atomic mass is 10.1. The van der Waals surface area contributed by atoms with E-state index in [1.54, 1.807) is 12.1 Å². The van der Waals surface area contributed by atoms with Gasteiger partial charge in [-0.3, -0.25) is 4.79 Å². The number of amides is 1. The van der Waals surface area contributed by atoms with Crippen LogP contribution in [-0.2, 0) is 6.42 Å². The Bertz CT molecular complexity index is 462. The molecule has 1 heterocycles. The molecule has 88 valence electrons. The number of nitrogens with one attached hydrogen (secondary N) is 1. The number of carbonyl (C=O) groups is 1. The Labute approximate surface area is 100 Å². The van der Waals surface area contributed by atoms with Gasteiger partial charge in [-0.15, -0.1) is 0 Å². The average Bonchev–Trinajstić information content (AvgIpc) is 2.83. The van der Waals surface area contributed by atoms with Crippen molar-refractivity contribution in [2.45, 2.75) is 19.4 Å². The smallest absolute Gasteiger partial charge is 0.287 e. The number of hydrogen-bond acceptors (Lipinski definition) is 2. The Morgan fingerprint density at radius 1 is 1.24 bits per heavy atom. The van der Waals surface area contributed by atoms with Crippen LogP contribution in [0.1, 0.15) is 23.0 Å². The number of carbonyl (C=O) groups excluding carboxylic acids is 1. The quantitative estimate of drug-likeness (QED) is 0.875. The Kier molecular flexibility index (Phi) is 3.60. The maximum atomic E-state index is 11.7. The highest BCUT2D eigenvalue weighted by molar-refractivity contribution is 5.91. The van der Waals surface area contributed by atoms with E-state index in [1.807, 2.05) is 25.1 Å². The molecular formula is C14H15NO2. The second kappa shape index (κ2) is 5.34. The summed E-state index contributed by atoms with van der Waals surface area (Å²) in [5.41, 5.74) is 1.21. The van der Waals surface area contributed by atoms with Gasteiger partial charge in [0.15, 0.2) is 5.76 Å². The molecule has 0 spiro atoms. The Morgan fingerprint density at radius 2 is 2.00 bits per heavy atom. The van der Waals surface area contributed by atoms with Crippen molar-refractivity contribution >= 4 is 5.91 Å². The minimum atomic E-state index is -0.168. The van der Waals surface area contributed by atoms with E-state index in [9.17, 15) is 4.79 Å². The zero-order chi connectivity index (χ0) is 12.1. The molecule has 3 heteroatoms. The maximum Gasteiger partial charge on any atom is 0.287 e. The first kappa shape index (κ1) is 11.5. The third-order valence-electron chi connectivity index (χ3n) is 2.51. The molecule has 2 rings (SSSR count). The van der Waals surface area contributed by atoms with Crippen LogP contribution in [0.2, 0.25) is 0 Å². The van der Waals surface area contributed by atoms with Crippen LogP contribution in [0, 0.1) is 0 Å². The molecule has 0 unspecified atom stereocenters. The molecule has 0 aliphatic rings. The van der Waals surface area contributed by atoms with Crippen LogP contribution in [0.25, 0.3) is 0 Å². The third-order valence-corrected chi connectivity index (χ3v) is 2.51. The fraction of sp³-hybridized carbons (Fsp3) is 0.214. The van der Waals surface area contributed by atoms with E-state index < -0.39 is 0 Å². The van der Waals surface area contributed by atoms with Gasteiger partial charge in [0.25, 0.3) is 5.91 Å². The molecule has 0 aliphatic heterocycles. The fourth-order valence-corrected chi connectivity index (χ4v) is 1.72. The molecule has 0 saturated heterocycles. The van der Waals surface area contributed by atoms with Crippen LogP contribution in [-0.4, -0.2) is 11.9 Å². The van der Waals surface area contributed by atoms with Crippen molar-refractivity contribution in [2.24, 2.45) is 0 Å². The lowest BCUT2D eigenvalue weighted by Gasteiger charge is -2.12. The van der Waals surface area contributed by atoms with Gasteiger partial charge >= 0.3 is 0 Å². The van der Waals surface area contributed by atoms with Crippen molar-refractivity contribution in [3.63, 3.8) is 0 Å². The third kappa shape index (κ3) is 3.21. The number of rotatable bonds is 4. The van der Waals surface area contributed by atoms with Gasteiger partial charge in [-0.1, -0.05) is 30.3 Å². The summed E-state index contributed by atoms with van der Waals surface area (Å²) in [4.78, 5) is 11.7. The molecule has 0 bridgehead atoms. The monoisotopic (exact) mass is 229 g/mol. The summed E-state index contributed by atoms with van der Waals surface area (Å²) in [5, 5.41) is 2.90. The molecule has 0 aliphatic carbocycles. The molecule has 0 fully saturated rings. The molecule has 2 aromatic rings. The summed E-state index contributed by atoms with van der Waals surface area (Å²) in [6, 6.07) is 13.5. The molecule has 17 heavy (non-hydrogen) atoms. The van der Waals surface area contributed by atoms with E-state index in [0.29, 0.717) is 5.76 Å². The van der Waals surface area contributed by atoms with Gasteiger partial charge in [-0.05, 0) is 31.0 Å². The van der Waals surface area contributed by atoms with Gasteiger partial charge in [-0.25, -0.2) is 0 Å². The van der Waals surface area contributed by atoms with Crippen LogP contribution < -0.4 is 5.32 Å². The summed E-state index contributed by atoms with van der Waals surface area (Å²) in [7, 11) is 0. The molecule has 3 nitrogen and oxygen atoms in total. The second-order valence-corrected chi connectivity index (χ2v) is 4.04. The molecule has 1 amide bonds. The van der Waals surface area contributed by atoms with Crippen LogP contribution in [0.15, 0.2) is 53.1 Å². The van der Waals surface area contributed by atoms with Crippen molar-refractivity contribution in [1.82, 2.24) is 5.32 Å². The van der Waals surface area contributed by atoms with Crippen molar-refractivity contribution in [1.29, 1.82) is 0 Å². The van der Waals surface area contributed by atoms with Gasteiger partial charge in [0.1, 0.15) is 0 Å². The number of benzene rings is 1. The molecule has 0 radical (unpaired) electrons. The van der Waals surface area contributed by atoms with E-state index in [2.05, 4.69) is 17.4 Å². The van der Waals surface area contributed by atoms with E-state index in [4.69, 9.17) is 4.42 Å². The molecule has 1 aromatic heterocycles. The van der Waals surface area contributed by atoms with Crippen molar-refractivity contribution < 1.29 is 9.21 Å². The van der Waals surface area contributed by atoms with Crippen LogP contribution in [0.3, 0.4) is 0 Å². The van der Waals surface area contributed by atoms with E-state index in [0.717, 1.165) is 6.42 Å². The predicted molar refractivity (Wildman–Crippen MR) is 65.8 cm³/mol. The van der Waals surface area contributed by atoms with Crippen LogP contribution in [0.5, 0.6) is 0 Å². The zero-order valence-electron chi connectivity index (χ0n) is 9.72. The minimum Gasteiger partial charge on any atom is -0.459 e. The summed E-state index contributed by atoms with van der Waals surface area (Å²) in [6.07, 6.45) is 2.31. The fourth-order valence-electron chi connectivity index (χ4n) is 1.72. The van der Waals surface area contributed by atoms with E-state index in [1.165, 1.54) is 11.8 Å². The first-order valence-electron chi connectivity index (χ1n) is 5.64. The topological polar surface area (TPSA) is 42.2 Å². The van der Waals surface area contributed by atoms with Gasteiger partial charge in [0, 0.05) is 6.04 Å². The summed E-state index contributed by atoms with van der Waals surface area (Å²) in [5.74, 6) is 0.184. The van der Waals surface area contributed by atoms with E-state index >= 15 is 0 Å². The molecule has 1 aromatic carbocycles. The standard InChI is InChI=1S/C14H15NO2/c1-11(10-12-6-3-2-4-7-12)15-14(16)13-8-5-9-17-13/h2-9,11H,10H2,1H3,(H,15,16)/t11-/m0/s1. The Balaban J connectivity index is 1.90.